The van der Waals surface area contributed by atoms with Crippen LogP contribution in [0.4, 0.5) is 0 Å². The van der Waals surface area contributed by atoms with Crippen molar-refractivity contribution in [3.05, 3.63) is 33.8 Å². The first kappa shape index (κ1) is 13.8. The number of ether oxygens (including phenoxy) is 1. The summed E-state index contributed by atoms with van der Waals surface area (Å²) in [5.74, 6) is -0.848. The summed E-state index contributed by atoms with van der Waals surface area (Å²) in [7, 11) is 1.47. The third-order valence-electron chi connectivity index (χ3n) is 1.98. The van der Waals surface area contributed by atoms with Crippen molar-refractivity contribution in [3.63, 3.8) is 0 Å². The quantitative estimate of drug-likeness (QED) is 0.853. The van der Waals surface area contributed by atoms with Crippen molar-refractivity contribution in [2.45, 2.75) is 6.42 Å². The SMILES string of the molecule is CNC(=O)COC(=O)Cc1ccc(Cl)c(Cl)c1. The Morgan fingerprint density at radius 2 is 2.00 bits per heavy atom. The number of carbonyl (C=O) groups is 2. The molecule has 1 aromatic rings. The molecule has 0 radical (unpaired) electrons. The molecule has 0 saturated carbocycles. The number of benzene rings is 1. The molecule has 1 N–H and O–H groups in total. The maximum atomic E-state index is 11.4. The molecule has 0 atom stereocenters. The lowest BCUT2D eigenvalue weighted by Gasteiger charge is -2.04. The van der Waals surface area contributed by atoms with Crippen molar-refractivity contribution in [1.29, 1.82) is 0 Å². The van der Waals surface area contributed by atoms with Crippen molar-refractivity contribution in [2.75, 3.05) is 13.7 Å². The van der Waals surface area contributed by atoms with Gasteiger partial charge in [0.05, 0.1) is 16.5 Å². The van der Waals surface area contributed by atoms with Crippen LogP contribution in [-0.2, 0) is 20.7 Å². The van der Waals surface area contributed by atoms with E-state index in [0.29, 0.717) is 15.6 Å². The lowest BCUT2D eigenvalue weighted by Crippen LogP contribution is -2.25. The second kappa shape index (κ2) is 6.47. The Labute approximate surface area is 109 Å². The maximum absolute atomic E-state index is 11.4. The van der Waals surface area contributed by atoms with E-state index < -0.39 is 5.97 Å². The number of halogens is 2. The molecule has 1 amide bonds. The second-order valence-corrected chi connectivity index (χ2v) is 4.07. The van der Waals surface area contributed by atoms with E-state index >= 15 is 0 Å². The highest BCUT2D eigenvalue weighted by molar-refractivity contribution is 6.42. The maximum Gasteiger partial charge on any atom is 0.310 e. The molecule has 0 aliphatic heterocycles. The van der Waals surface area contributed by atoms with Crippen molar-refractivity contribution < 1.29 is 14.3 Å². The summed E-state index contributed by atoms with van der Waals surface area (Å²) in [6.45, 7) is -0.281. The summed E-state index contributed by atoms with van der Waals surface area (Å²) in [5.41, 5.74) is 0.682. The molecule has 0 saturated heterocycles. The minimum atomic E-state index is -0.494. The molecule has 1 rings (SSSR count). The lowest BCUT2D eigenvalue weighted by molar-refractivity contribution is -0.147. The van der Waals surface area contributed by atoms with E-state index in [2.05, 4.69) is 5.32 Å². The molecule has 0 unspecified atom stereocenters. The monoisotopic (exact) mass is 275 g/mol. The average molecular weight is 276 g/mol. The minimum Gasteiger partial charge on any atom is -0.455 e. The first-order chi connectivity index (χ1) is 8.02. The van der Waals surface area contributed by atoms with E-state index in [1.54, 1.807) is 18.2 Å². The summed E-state index contributed by atoms with van der Waals surface area (Å²) >= 11 is 11.5. The van der Waals surface area contributed by atoms with E-state index in [9.17, 15) is 9.59 Å². The van der Waals surface area contributed by atoms with Gasteiger partial charge in [-0.1, -0.05) is 29.3 Å². The number of rotatable bonds is 4. The number of carbonyl (C=O) groups excluding carboxylic acids is 2. The molecule has 92 valence electrons. The van der Waals surface area contributed by atoms with Crippen LogP contribution in [0.5, 0.6) is 0 Å². The van der Waals surface area contributed by atoms with Gasteiger partial charge in [-0.05, 0) is 17.7 Å². The minimum absolute atomic E-state index is 0.0495. The summed E-state index contributed by atoms with van der Waals surface area (Å²) in [4.78, 5) is 22.2. The molecule has 0 spiro atoms. The molecule has 0 aliphatic rings. The van der Waals surface area contributed by atoms with Crippen molar-refractivity contribution in [3.8, 4) is 0 Å². The molecule has 1 aromatic carbocycles. The lowest BCUT2D eigenvalue weighted by atomic mass is 10.1. The van der Waals surface area contributed by atoms with Crippen LogP contribution in [0, 0.1) is 0 Å². The molecule has 0 aliphatic carbocycles. The normalized spacial score (nSPS) is 9.82. The molecular weight excluding hydrogens is 265 g/mol. The highest BCUT2D eigenvalue weighted by Gasteiger charge is 2.08. The molecular formula is C11H11Cl2NO3. The Hall–Kier alpha value is -1.26. The Kier molecular flexibility index (Phi) is 5.25. The van der Waals surface area contributed by atoms with Gasteiger partial charge in [0.2, 0.25) is 0 Å². The third kappa shape index (κ3) is 4.63. The van der Waals surface area contributed by atoms with Gasteiger partial charge in [0.1, 0.15) is 0 Å². The molecule has 17 heavy (non-hydrogen) atoms. The van der Waals surface area contributed by atoms with Gasteiger partial charge >= 0.3 is 5.97 Å². The first-order valence-electron chi connectivity index (χ1n) is 4.83. The van der Waals surface area contributed by atoms with Gasteiger partial charge in [-0.3, -0.25) is 9.59 Å². The Bertz CT molecular complexity index is 435. The third-order valence-corrected chi connectivity index (χ3v) is 2.71. The fourth-order valence-electron chi connectivity index (χ4n) is 1.09. The number of nitrogens with one attached hydrogen (secondary N) is 1. The van der Waals surface area contributed by atoms with E-state index in [1.807, 2.05) is 0 Å². The van der Waals surface area contributed by atoms with Crippen molar-refractivity contribution in [1.82, 2.24) is 5.32 Å². The van der Waals surface area contributed by atoms with Crippen molar-refractivity contribution in [2.24, 2.45) is 0 Å². The number of likely N-dealkylation sites (N-methyl/N-ethyl adjacent to an activating group) is 1. The molecule has 0 bridgehead atoms. The summed E-state index contributed by atoms with van der Waals surface area (Å²) in [5, 5.41) is 3.15. The van der Waals surface area contributed by atoms with Gasteiger partial charge in [-0.2, -0.15) is 0 Å². The van der Waals surface area contributed by atoms with Crippen LogP contribution in [0.3, 0.4) is 0 Å². The van der Waals surface area contributed by atoms with Gasteiger partial charge in [-0.15, -0.1) is 0 Å². The predicted molar refractivity (Wildman–Crippen MR) is 65.2 cm³/mol. The van der Waals surface area contributed by atoms with Crippen LogP contribution in [0.1, 0.15) is 5.56 Å². The van der Waals surface area contributed by atoms with Crippen LogP contribution >= 0.6 is 23.2 Å². The second-order valence-electron chi connectivity index (χ2n) is 3.26. The van der Waals surface area contributed by atoms with Gasteiger partial charge in [0.15, 0.2) is 6.61 Å². The molecule has 6 heteroatoms. The van der Waals surface area contributed by atoms with Crippen LogP contribution in [0.25, 0.3) is 0 Å². The van der Waals surface area contributed by atoms with E-state index in [-0.39, 0.29) is 18.9 Å². The Balaban J connectivity index is 2.50. The van der Waals surface area contributed by atoms with Gasteiger partial charge in [-0.25, -0.2) is 0 Å². The zero-order chi connectivity index (χ0) is 12.8. The number of esters is 1. The standard InChI is InChI=1S/C11H11Cl2NO3/c1-14-10(15)6-17-11(16)5-7-2-3-8(12)9(13)4-7/h2-4H,5-6H2,1H3,(H,14,15). The number of hydrogen-bond acceptors (Lipinski definition) is 3. The van der Waals surface area contributed by atoms with Gasteiger partial charge in [0, 0.05) is 7.05 Å². The molecule has 0 fully saturated rings. The fourth-order valence-corrected chi connectivity index (χ4v) is 1.41. The summed E-state index contributed by atoms with van der Waals surface area (Å²) in [6, 6.07) is 4.87. The van der Waals surface area contributed by atoms with E-state index in [4.69, 9.17) is 27.9 Å². The Morgan fingerprint density at radius 1 is 1.29 bits per heavy atom. The zero-order valence-corrected chi connectivity index (χ0v) is 10.6. The largest absolute Gasteiger partial charge is 0.455 e. The number of hydrogen-bond donors (Lipinski definition) is 1. The van der Waals surface area contributed by atoms with Gasteiger partial charge < -0.3 is 10.1 Å². The topological polar surface area (TPSA) is 55.4 Å². The first-order valence-corrected chi connectivity index (χ1v) is 5.58. The van der Waals surface area contributed by atoms with E-state index in [0.717, 1.165) is 0 Å². The molecule has 4 nitrogen and oxygen atoms in total. The van der Waals surface area contributed by atoms with Crippen molar-refractivity contribution >= 4 is 35.1 Å². The predicted octanol–water partition coefficient (Wildman–Crippen LogP) is 1.83. The van der Waals surface area contributed by atoms with Crippen LogP contribution in [-0.4, -0.2) is 25.5 Å². The number of amides is 1. The summed E-state index contributed by atoms with van der Waals surface area (Å²) < 4.78 is 4.74. The van der Waals surface area contributed by atoms with Crippen LogP contribution in [0.15, 0.2) is 18.2 Å². The molecule has 0 heterocycles. The highest BCUT2D eigenvalue weighted by Crippen LogP contribution is 2.22. The van der Waals surface area contributed by atoms with Crippen LogP contribution < -0.4 is 5.32 Å². The smallest absolute Gasteiger partial charge is 0.310 e. The summed E-state index contributed by atoms with van der Waals surface area (Å²) in [6.07, 6.45) is 0.0495. The zero-order valence-electron chi connectivity index (χ0n) is 9.13. The molecule has 0 aromatic heterocycles. The highest BCUT2D eigenvalue weighted by atomic mass is 35.5. The van der Waals surface area contributed by atoms with Crippen LogP contribution in [0.2, 0.25) is 10.0 Å². The Morgan fingerprint density at radius 3 is 2.59 bits per heavy atom. The van der Waals surface area contributed by atoms with Gasteiger partial charge in [0.25, 0.3) is 5.91 Å². The van der Waals surface area contributed by atoms with E-state index in [1.165, 1.54) is 7.05 Å². The fraction of sp³-hybridized carbons (Fsp3) is 0.273. The average Bonchev–Trinajstić information content (AvgIpc) is 2.31.